The molecule has 0 aliphatic carbocycles. The third-order valence-electron chi connectivity index (χ3n) is 3.95. The fraction of sp³-hybridized carbons (Fsp3) is 0.222. The number of carbonyl (C=O) groups excluding carboxylic acids is 2. The van der Waals surface area contributed by atoms with E-state index in [0.29, 0.717) is 21.4 Å². The van der Waals surface area contributed by atoms with Crippen molar-refractivity contribution in [3.63, 3.8) is 0 Å². The van der Waals surface area contributed by atoms with Crippen LogP contribution in [0, 0.1) is 19.7 Å². The number of nitrogens with one attached hydrogen (secondary N) is 1. The molecule has 6 nitrogen and oxygen atoms in total. The SMILES string of the molecule is CC(=O)c1sc(NC(=O)Cn2c(C)cc(=O)c3cccc(F)c32)nc1C. The quantitative estimate of drug-likeness (QED) is 0.713. The van der Waals surface area contributed by atoms with Gasteiger partial charge in [-0.3, -0.25) is 14.4 Å². The van der Waals surface area contributed by atoms with Crippen LogP contribution in [0.1, 0.15) is 28.0 Å². The molecule has 0 unspecified atom stereocenters. The number of aryl methyl sites for hydroxylation is 2. The topological polar surface area (TPSA) is 81.1 Å². The molecule has 3 aromatic rings. The van der Waals surface area contributed by atoms with Gasteiger partial charge in [-0.1, -0.05) is 17.4 Å². The van der Waals surface area contributed by atoms with Gasteiger partial charge in [-0.25, -0.2) is 9.37 Å². The maximum atomic E-state index is 14.3. The smallest absolute Gasteiger partial charge is 0.246 e. The van der Waals surface area contributed by atoms with Gasteiger partial charge in [-0.2, -0.15) is 0 Å². The van der Waals surface area contributed by atoms with E-state index in [2.05, 4.69) is 10.3 Å². The summed E-state index contributed by atoms with van der Waals surface area (Å²) in [6.07, 6.45) is 0. The summed E-state index contributed by atoms with van der Waals surface area (Å²) in [7, 11) is 0. The van der Waals surface area contributed by atoms with Crippen molar-refractivity contribution in [3.05, 3.63) is 56.6 Å². The summed E-state index contributed by atoms with van der Waals surface area (Å²) >= 11 is 1.09. The van der Waals surface area contributed by atoms with Crippen LogP contribution in [-0.2, 0) is 11.3 Å². The first kappa shape index (κ1) is 17.9. The number of amides is 1. The fourth-order valence-corrected chi connectivity index (χ4v) is 3.67. The number of hydrogen-bond acceptors (Lipinski definition) is 5. The number of thiazole rings is 1. The molecule has 0 fully saturated rings. The molecular formula is C18H16FN3O3S. The summed E-state index contributed by atoms with van der Waals surface area (Å²) < 4.78 is 15.7. The lowest BCUT2D eigenvalue weighted by Crippen LogP contribution is -2.22. The summed E-state index contributed by atoms with van der Waals surface area (Å²) in [5.74, 6) is -1.12. The van der Waals surface area contributed by atoms with Gasteiger partial charge >= 0.3 is 0 Å². The molecule has 0 saturated carbocycles. The van der Waals surface area contributed by atoms with Crippen LogP contribution in [-0.4, -0.2) is 21.2 Å². The Morgan fingerprint density at radius 2 is 2.04 bits per heavy atom. The Bertz CT molecular complexity index is 1100. The van der Waals surface area contributed by atoms with E-state index >= 15 is 0 Å². The number of benzene rings is 1. The molecular weight excluding hydrogens is 357 g/mol. The maximum Gasteiger partial charge on any atom is 0.246 e. The van der Waals surface area contributed by atoms with Crippen LogP contribution < -0.4 is 10.7 Å². The molecule has 134 valence electrons. The van der Waals surface area contributed by atoms with Crippen LogP contribution in [0.4, 0.5) is 9.52 Å². The van der Waals surface area contributed by atoms with Gasteiger partial charge < -0.3 is 9.88 Å². The Hall–Kier alpha value is -2.87. The van der Waals surface area contributed by atoms with Gasteiger partial charge in [0.1, 0.15) is 12.4 Å². The highest BCUT2D eigenvalue weighted by Crippen LogP contribution is 2.23. The van der Waals surface area contributed by atoms with Gasteiger partial charge in [0.25, 0.3) is 0 Å². The molecule has 0 spiro atoms. The van der Waals surface area contributed by atoms with Gasteiger partial charge in [0.2, 0.25) is 5.91 Å². The summed E-state index contributed by atoms with van der Waals surface area (Å²) in [5.41, 5.74) is 0.819. The van der Waals surface area contributed by atoms with Crippen molar-refractivity contribution in [2.45, 2.75) is 27.3 Å². The largest absolute Gasteiger partial charge is 0.333 e. The first-order chi connectivity index (χ1) is 12.3. The van der Waals surface area contributed by atoms with Gasteiger partial charge in [-0.15, -0.1) is 0 Å². The molecule has 2 aromatic heterocycles. The number of aromatic nitrogens is 2. The van der Waals surface area contributed by atoms with Crippen molar-refractivity contribution in [3.8, 4) is 0 Å². The Labute approximate surface area is 152 Å². The number of hydrogen-bond donors (Lipinski definition) is 1. The molecule has 1 amide bonds. The second-order valence-corrected chi connectivity index (χ2v) is 6.91. The zero-order valence-corrected chi connectivity index (χ0v) is 15.2. The van der Waals surface area contributed by atoms with Crippen LogP contribution in [0.5, 0.6) is 0 Å². The standard InChI is InChI=1S/C18H16FN3O3S/c1-9-7-14(24)12-5-4-6-13(19)16(12)22(9)8-15(25)21-18-20-10(2)17(26-18)11(3)23/h4-7H,8H2,1-3H3,(H,20,21,25). The van der Waals surface area contributed by atoms with E-state index in [1.807, 2.05) is 0 Å². The Morgan fingerprint density at radius 1 is 1.31 bits per heavy atom. The lowest BCUT2D eigenvalue weighted by atomic mass is 10.1. The average Bonchev–Trinajstić information content (AvgIpc) is 2.92. The first-order valence-electron chi connectivity index (χ1n) is 7.85. The highest BCUT2D eigenvalue weighted by molar-refractivity contribution is 7.17. The molecule has 1 N–H and O–H groups in total. The van der Waals surface area contributed by atoms with Crippen molar-refractivity contribution in [2.75, 3.05) is 5.32 Å². The number of Topliss-reactive ketones (excluding diaryl/α,β-unsaturated/α-hetero) is 1. The van der Waals surface area contributed by atoms with E-state index in [1.54, 1.807) is 13.8 Å². The van der Waals surface area contributed by atoms with Gasteiger partial charge in [0, 0.05) is 24.1 Å². The van der Waals surface area contributed by atoms with E-state index < -0.39 is 11.7 Å². The molecule has 0 aliphatic heterocycles. The number of halogens is 1. The van der Waals surface area contributed by atoms with Gasteiger partial charge in [-0.05, 0) is 26.0 Å². The molecule has 3 rings (SSSR count). The van der Waals surface area contributed by atoms with E-state index in [9.17, 15) is 18.8 Å². The molecule has 0 aliphatic rings. The third kappa shape index (κ3) is 3.28. The Kier molecular flexibility index (Phi) is 4.69. The van der Waals surface area contributed by atoms with Crippen LogP contribution in [0.15, 0.2) is 29.1 Å². The predicted octanol–water partition coefficient (Wildman–Crippen LogP) is 3.06. The normalized spacial score (nSPS) is 10.9. The second-order valence-electron chi connectivity index (χ2n) is 5.91. The minimum atomic E-state index is -0.569. The van der Waals surface area contributed by atoms with Crippen LogP contribution in [0.25, 0.3) is 10.9 Å². The Balaban J connectivity index is 1.94. The molecule has 0 saturated heterocycles. The zero-order chi connectivity index (χ0) is 19.0. The van der Waals surface area contributed by atoms with Crippen molar-refractivity contribution >= 4 is 39.1 Å². The van der Waals surface area contributed by atoms with E-state index in [4.69, 9.17) is 0 Å². The van der Waals surface area contributed by atoms with Crippen molar-refractivity contribution < 1.29 is 14.0 Å². The van der Waals surface area contributed by atoms with Gasteiger partial charge in [0.15, 0.2) is 16.3 Å². The molecule has 2 heterocycles. The first-order valence-corrected chi connectivity index (χ1v) is 8.66. The van der Waals surface area contributed by atoms with Gasteiger partial charge in [0.05, 0.1) is 16.1 Å². The zero-order valence-electron chi connectivity index (χ0n) is 14.4. The minimum absolute atomic E-state index is 0.0902. The number of para-hydroxylation sites is 1. The third-order valence-corrected chi connectivity index (χ3v) is 5.13. The Morgan fingerprint density at radius 3 is 2.69 bits per heavy atom. The monoisotopic (exact) mass is 373 g/mol. The van der Waals surface area contributed by atoms with Crippen molar-refractivity contribution in [1.82, 2.24) is 9.55 Å². The second kappa shape index (κ2) is 6.80. The average molecular weight is 373 g/mol. The van der Waals surface area contributed by atoms with Crippen molar-refractivity contribution in [1.29, 1.82) is 0 Å². The fourth-order valence-electron chi connectivity index (χ4n) is 2.79. The molecule has 26 heavy (non-hydrogen) atoms. The van der Waals surface area contributed by atoms with E-state index in [1.165, 1.54) is 35.8 Å². The summed E-state index contributed by atoms with van der Waals surface area (Å²) in [4.78, 5) is 40.6. The number of ketones is 1. The molecule has 0 bridgehead atoms. The van der Waals surface area contributed by atoms with Crippen molar-refractivity contribution in [2.24, 2.45) is 0 Å². The highest BCUT2D eigenvalue weighted by atomic mass is 32.1. The number of fused-ring (bicyclic) bond motifs is 1. The lowest BCUT2D eigenvalue weighted by Gasteiger charge is -2.14. The summed E-state index contributed by atoms with van der Waals surface area (Å²) in [6, 6.07) is 5.60. The van der Waals surface area contributed by atoms with Crippen LogP contribution in [0.2, 0.25) is 0 Å². The number of nitrogens with zero attached hydrogens (tertiary/aromatic N) is 2. The highest BCUT2D eigenvalue weighted by Gasteiger charge is 2.16. The number of rotatable bonds is 4. The molecule has 8 heteroatoms. The van der Waals surface area contributed by atoms with E-state index in [0.717, 1.165) is 11.3 Å². The lowest BCUT2D eigenvalue weighted by molar-refractivity contribution is -0.116. The van der Waals surface area contributed by atoms with E-state index in [-0.39, 0.29) is 28.7 Å². The predicted molar refractivity (Wildman–Crippen MR) is 98.4 cm³/mol. The van der Waals surface area contributed by atoms with Crippen LogP contribution >= 0.6 is 11.3 Å². The minimum Gasteiger partial charge on any atom is -0.333 e. The molecule has 1 aromatic carbocycles. The van der Waals surface area contributed by atoms with Crippen LogP contribution in [0.3, 0.4) is 0 Å². The number of anilines is 1. The molecule has 0 radical (unpaired) electrons. The summed E-state index contributed by atoms with van der Waals surface area (Å²) in [6.45, 7) is 4.59. The summed E-state index contributed by atoms with van der Waals surface area (Å²) in [5, 5.41) is 3.15. The molecule has 0 atom stereocenters. The number of pyridine rings is 1. The maximum absolute atomic E-state index is 14.3. The number of carbonyl (C=O) groups is 2.